The number of nitrogens with one attached hydrogen (secondary N) is 2. The van der Waals surface area contributed by atoms with E-state index in [1.807, 2.05) is 78.9 Å². The minimum absolute atomic E-state index is 0.0454. The fourth-order valence-electron chi connectivity index (χ4n) is 4.98. The second-order valence-corrected chi connectivity index (χ2v) is 10.3. The van der Waals surface area contributed by atoms with Crippen molar-refractivity contribution in [2.45, 2.75) is 12.5 Å². The highest BCUT2D eigenvalue weighted by molar-refractivity contribution is 9.10. The van der Waals surface area contributed by atoms with Crippen LogP contribution in [0.4, 0.5) is 0 Å². The van der Waals surface area contributed by atoms with Crippen LogP contribution in [0.5, 0.6) is 0 Å². The SMILES string of the molecule is O=C(CN1N=C(c2c(-c3ccccc3)c3cc(Br)ccc3[nH]c2=O)C[C@@H]1c1ccccc1)N/N=C\c1ccco1. The molecule has 8 nitrogen and oxygen atoms in total. The lowest BCUT2D eigenvalue weighted by atomic mass is 9.91. The van der Waals surface area contributed by atoms with E-state index in [1.54, 1.807) is 17.1 Å². The number of aromatic nitrogens is 1. The fraction of sp³-hybridized carbons (Fsp3) is 0.0968. The van der Waals surface area contributed by atoms with Crippen LogP contribution in [0.25, 0.3) is 22.0 Å². The number of pyridine rings is 1. The molecule has 5 aromatic rings. The Labute approximate surface area is 238 Å². The maximum Gasteiger partial charge on any atom is 0.261 e. The maximum absolute atomic E-state index is 13.7. The van der Waals surface area contributed by atoms with Crippen LogP contribution in [0.2, 0.25) is 0 Å². The van der Waals surface area contributed by atoms with Crippen molar-refractivity contribution in [1.29, 1.82) is 0 Å². The molecule has 2 N–H and O–H groups in total. The van der Waals surface area contributed by atoms with Crippen LogP contribution in [0.1, 0.15) is 29.3 Å². The summed E-state index contributed by atoms with van der Waals surface area (Å²) in [6.45, 7) is -0.0454. The van der Waals surface area contributed by atoms with E-state index < -0.39 is 0 Å². The van der Waals surface area contributed by atoms with Crippen molar-refractivity contribution < 1.29 is 9.21 Å². The molecule has 0 saturated carbocycles. The molecule has 3 heterocycles. The van der Waals surface area contributed by atoms with Gasteiger partial charge in [-0.1, -0.05) is 76.6 Å². The number of nitrogens with zero attached hydrogens (tertiary/aromatic N) is 3. The number of rotatable bonds is 7. The van der Waals surface area contributed by atoms with E-state index in [0.29, 0.717) is 23.5 Å². The van der Waals surface area contributed by atoms with Crippen molar-refractivity contribution in [3.05, 3.63) is 129 Å². The largest absolute Gasteiger partial charge is 0.463 e. The Morgan fingerprint density at radius 2 is 1.82 bits per heavy atom. The van der Waals surface area contributed by atoms with Crippen molar-refractivity contribution in [3.8, 4) is 11.1 Å². The first-order valence-corrected chi connectivity index (χ1v) is 13.5. The van der Waals surface area contributed by atoms with Crippen molar-refractivity contribution in [2.24, 2.45) is 10.2 Å². The van der Waals surface area contributed by atoms with Gasteiger partial charge in [0.1, 0.15) is 12.3 Å². The molecular formula is C31H24BrN5O3. The summed E-state index contributed by atoms with van der Waals surface area (Å²) in [7, 11) is 0. The Bertz CT molecular complexity index is 1780. The number of hydrogen-bond donors (Lipinski definition) is 2. The second-order valence-electron chi connectivity index (χ2n) is 9.34. The number of benzene rings is 3. The van der Waals surface area contributed by atoms with Gasteiger partial charge in [0, 0.05) is 27.4 Å². The van der Waals surface area contributed by atoms with Gasteiger partial charge in [-0.15, -0.1) is 0 Å². The molecule has 9 heteroatoms. The van der Waals surface area contributed by atoms with Gasteiger partial charge in [-0.25, -0.2) is 5.43 Å². The molecule has 1 atom stereocenters. The number of amides is 1. The lowest BCUT2D eigenvalue weighted by Gasteiger charge is -2.22. The molecule has 0 spiro atoms. The molecule has 1 aliphatic heterocycles. The maximum atomic E-state index is 13.7. The molecule has 0 fully saturated rings. The van der Waals surface area contributed by atoms with Crippen LogP contribution in [0.15, 0.2) is 121 Å². The van der Waals surface area contributed by atoms with Crippen molar-refractivity contribution >= 4 is 44.7 Å². The smallest absolute Gasteiger partial charge is 0.261 e. The molecule has 1 amide bonds. The molecule has 198 valence electrons. The standard InChI is InChI=1S/C31H24BrN5O3/c32-22-13-14-25-24(16-22)29(21-10-5-2-6-11-21)30(31(39)34-25)26-17-27(20-8-3-1-4-9-20)37(36-26)19-28(38)35-33-18-23-12-7-15-40-23/h1-16,18,27H,17,19H2,(H,34,39)(H,35,38)/b33-18-/t27-/m1/s1. The summed E-state index contributed by atoms with van der Waals surface area (Å²) >= 11 is 3.58. The summed E-state index contributed by atoms with van der Waals surface area (Å²) in [5.41, 5.74) is 6.87. The molecular weight excluding hydrogens is 570 g/mol. The van der Waals surface area contributed by atoms with Crippen LogP contribution in [-0.4, -0.2) is 34.4 Å². The van der Waals surface area contributed by atoms with Gasteiger partial charge in [0.2, 0.25) is 0 Å². The Morgan fingerprint density at radius 1 is 1.05 bits per heavy atom. The fourth-order valence-corrected chi connectivity index (χ4v) is 5.34. The number of hydrazone groups is 2. The highest BCUT2D eigenvalue weighted by Crippen LogP contribution is 2.37. The van der Waals surface area contributed by atoms with Gasteiger partial charge in [-0.05, 0) is 41.5 Å². The van der Waals surface area contributed by atoms with Crippen molar-refractivity contribution in [1.82, 2.24) is 15.4 Å². The predicted molar refractivity (Wildman–Crippen MR) is 159 cm³/mol. The summed E-state index contributed by atoms with van der Waals surface area (Å²) < 4.78 is 6.12. The van der Waals surface area contributed by atoms with Gasteiger partial charge < -0.3 is 9.40 Å². The normalized spacial score (nSPS) is 15.1. The Balaban J connectivity index is 1.41. The lowest BCUT2D eigenvalue weighted by molar-refractivity contribution is -0.122. The van der Waals surface area contributed by atoms with Crippen LogP contribution in [0.3, 0.4) is 0 Å². The summed E-state index contributed by atoms with van der Waals surface area (Å²) in [6, 6.07) is 28.7. The van der Waals surface area contributed by atoms with Crippen molar-refractivity contribution in [3.63, 3.8) is 0 Å². The quantitative estimate of drug-likeness (QED) is 0.182. The number of carbonyl (C=O) groups is 1. The third kappa shape index (κ3) is 5.23. The number of H-pyrrole nitrogens is 1. The molecule has 2 aromatic heterocycles. The van der Waals surface area contributed by atoms with Crippen LogP contribution in [-0.2, 0) is 4.79 Å². The first-order valence-electron chi connectivity index (χ1n) is 12.7. The Kier molecular flexibility index (Phi) is 7.11. The lowest BCUT2D eigenvalue weighted by Crippen LogP contribution is -2.32. The monoisotopic (exact) mass is 593 g/mol. The van der Waals surface area contributed by atoms with E-state index >= 15 is 0 Å². The van der Waals surface area contributed by atoms with Gasteiger partial charge in [0.15, 0.2) is 0 Å². The van der Waals surface area contributed by atoms with E-state index in [9.17, 15) is 9.59 Å². The second kappa shape index (κ2) is 11.2. The molecule has 0 bridgehead atoms. The van der Waals surface area contributed by atoms with E-state index in [4.69, 9.17) is 9.52 Å². The average molecular weight is 594 g/mol. The van der Waals surface area contributed by atoms with Gasteiger partial charge in [-0.3, -0.25) is 14.6 Å². The van der Waals surface area contributed by atoms with Crippen molar-refractivity contribution in [2.75, 3.05) is 6.54 Å². The molecule has 0 radical (unpaired) electrons. The van der Waals surface area contributed by atoms with E-state index in [1.165, 1.54) is 12.5 Å². The van der Waals surface area contributed by atoms with Crippen LogP contribution < -0.4 is 11.0 Å². The minimum Gasteiger partial charge on any atom is -0.463 e. The summed E-state index contributed by atoms with van der Waals surface area (Å²) in [5.74, 6) is 0.188. The molecule has 3 aromatic carbocycles. The highest BCUT2D eigenvalue weighted by atomic mass is 79.9. The van der Waals surface area contributed by atoms with E-state index in [0.717, 1.165) is 32.1 Å². The predicted octanol–water partition coefficient (Wildman–Crippen LogP) is 5.85. The zero-order valence-corrected chi connectivity index (χ0v) is 22.8. The summed E-state index contributed by atoms with van der Waals surface area (Å²) in [6.07, 6.45) is 3.42. The number of aromatic amines is 1. The average Bonchev–Trinajstić information content (AvgIpc) is 3.64. The Hall–Kier alpha value is -4.76. The zero-order valence-electron chi connectivity index (χ0n) is 21.3. The van der Waals surface area contributed by atoms with Crippen LogP contribution >= 0.6 is 15.9 Å². The Morgan fingerprint density at radius 3 is 2.58 bits per heavy atom. The van der Waals surface area contributed by atoms with E-state index in [2.05, 4.69) is 31.4 Å². The molecule has 6 rings (SSSR count). The van der Waals surface area contributed by atoms with Gasteiger partial charge >= 0.3 is 0 Å². The first-order chi connectivity index (χ1) is 19.6. The van der Waals surface area contributed by atoms with Crippen LogP contribution in [0, 0.1) is 0 Å². The minimum atomic E-state index is -0.339. The third-order valence-corrected chi connectivity index (χ3v) is 7.23. The summed E-state index contributed by atoms with van der Waals surface area (Å²) in [5, 5.41) is 11.5. The number of carbonyl (C=O) groups excluding carboxylic acids is 1. The zero-order chi connectivity index (χ0) is 27.5. The highest BCUT2D eigenvalue weighted by Gasteiger charge is 2.33. The van der Waals surface area contributed by atoms with Gasteiger partial charge in [0.25, 0.3) is 11.5 Å². The topological polar surface area (TPSA) is 103 Å². The number of halogens is 1. The van der Waals surface area contributed by atoms with Gasteiger partial charge in [0.05, 0.1) is 29.8 Å². The molecule has 0 aliphatic carbocycles. The van der Waals surface area contributed by atoms with E-state index in [-0.39, 0.29) is 24.1 Å². The molecule has 1 aliphatic rings. The third-order valence-electron chi connectivity index (χ3n) is 6.74. The number of fused-ring (bicyclic) bond motifs is 1. The number of hydrogen-bond acceptors (Lipinski definition) is 6. The summed E-state index contributed by atoms with van der Waals surface area (Å²) in [4.78, 5) is 29.6. The van der Waals surface area contributed by atoms with Gasteiger partial charge in [-0.2, -0.15) is 10.2 Å². The molecule has 0 saturated heterocycles. The molecule has 40 heavy (non-hydrogen) atoms. The first kappa shape index (κ1) is 25.5. The number of furan rings is 1. The molecule has 0 unspecified atom stereocenters.